The summed E-state index contributed by atoms with van der Waals surface area (Å²) in [7, 11) is 0. The molecule has 0 radical (unpaired) electrons. The van der Waals surface area contributed by atoms with Crippen LogP contribution in [0.2, 0.25) is 0 Å². The number of carboxylic acids is 1. The van der Waals surface area contributed by atoms with E-state index in [4.69, 9.17) is 4.42 Å². The molecule has 1 amide bonds. The number of rotatable bonds is 2. The highest BCUT2D eigenvalue weighted by molar-refractivity contribution is 5.92. The fourth-order valence-electron chi connectivity index (χ4n) is 3.35. The molecule has 1 saturated carbocycles. The molecule has 96 valence electrons. The molecule has 2 heterocycles. The Morgan fingerprint density at radius 2 is 2.33 bits per heavy atom. The Morgan fingerprint density at radius 1 is 1.50 bits per heavy atom. The number of nitrogens with zero attached hydrogens (tertiary/aromatic N) is 1. The zero-order valence-electron chi connectivity index (χ0n) is 9.96. The molecule has 1 aromatic heterocycles. The summed E-state index contributed by atoms with van der Waals surface area (Å²) in [6.45, 7) is 0.846. The molecule has 0 aromatic carbocycles. The van der Waals surface area contributed by atoms with Crippen molar-refractivity contribution in [3.8, 4) is 0 Å². The highest BCUT2D eigenvalue weighted by Gasteiger charge is 2.56. The van der Waals surface area contributed by atoms with Crippen LogP contribution < -0.4 is 0 Å². The number of hydrogen-bond donors (Lipinski definition) is 1. The van der Waals surface area contributed by atoms with E-state index in [1.54, 1.807) is 17.0 Å². The highest BCUT2D eigenvalue weighted by atomic mass is 16.4. The predicted octanol–water partition coefficient (Wildman–Crippen LogP) is 1.61. The summed E-state index contributed by atoms with van der Waals surface area (Å²) < 4.78 is 5.08. The average molecular weight is 249 g/mol. The van der Waals surface area contributed by atoms with Crippen molar-refractivity contribution in [1.29, 1.82) is 0 Å². The van der Waals surface area contributed by atoms with Gasteiger partial charge in [0, 0.05) is 13.1 Å². The van der Waals surface area contributed by atoms with Gasteiger partial charge in [0.2, 0.25) is 0 Å². The Morgan fingerprint density at radius 3 is 2.94 bits per heavy atom. The third-order valence-electron chi connectivity index (χ3n) is 4.32. The number of hydrogen-bond acceptors (Lipinski definition) is 3. The number of furan rings is 1. The van der Waals surface area contributed by atoms with Gasteiger partial charge in [0.05, 0.1) is 11.7 Å². The molecule has 1 aliphatic carbocycles. The molecule has 18 heavy (non-hydrogen) atoms. The minimum Gasteiger partial charge on any atom is -0.481 e. The minimum absolute atomic E-state index is 0.0916. The summed E-state index contributed by atoms with van der Waals surface area (Å²) in [6.07, 6.45) is 3.97. The largest absolute Gasteiger partial charge is 0.481 e. The quantitative estimate of drug-likeness (QED) is 0.864. The van der Waals surface area contributed by atoms with Crippen LogP contribution in [0.5, 0.6) is 0 Å². The van der Waals surface area contributed by atoms with Gasteiger partial charge in [-0.3, -0.25) is 9.59 Å². The Balaban J connectivity index is 1.83. The van der Waals surface area contributed by atoms with E-state index in [-0.39, 0.29) is 17.6 Å². The van der Waals surface area contributed by atoms with E-state index in [9.17, 15) is 14.7 Å². The summed E-state index contributed by atoms with van der Waals surface area (Å²) in [5.74, 6) is -0.584. The molecule has 2 atom stereocenters. The zero-order valence-corrected chi connectivity index (χ0v) is 9.96. The summed E-state index contributed by atoms with van der Waals surface area (Å²) >= 11 is 0. The van der Waals surface area contributed by atoms with Crippen molar-refractivity contribution in [2.24, 2.45) is 11.3 Å². The molecular formula is C13H15NO4. The Hall–Kier alpha value is -1.78. The van der Waals surface area contributed by atoms with Crippen LogP contribution in [0.3, 0.4) is 0 Å². The molecule has 1 N–H and O–H groups in total. The van der Waals surface area contributed by atoms with Crippen molar-refractivity contribution in [1.82, 2.24) is 4.90 Å². The van der Waals surface area contributed by atoms with E-state index in [1.165, 1.54) is 6.26 Å². The monoisotopic (exact) mass is 249 g/mol. The number of likely N-dealkylation sites (tertiary alicyclic amines) is 1. The lowest BCUT2D eigenvalue weighted by molar-refractivity contribution is -0.149. The molecule has 1 aromatic rings. The van der Waals surface area contributed by atoms with E-state index < -0.39 is 11.4 Å². The Bertz CT molecular complexity index is 481. The van der Waals surface area contributed by atoms with Crippen molar-refractivity contribution >= 4 is 11.9 Å². The second-order valence-corrected chi connectivity index (χ2v) is 5.21. The minimum atomic E-state index is -0.764. The lowest BCUT2D eigenvalue weighted by Crippen LogP contribution is -2.37. The van der Waals surface area contributed by atoms with Crippen LogP contribution in [0.4, 0.5) is 0 Å². The van der Waals surface area contributed by atoms with E-state index in [2.05, 4.69) is 0 Å². The normalized spacial score (nSPS) is 30.4. The first-order valence-electron chi connectivity index (χ1n) is 6.20. The maximum atomic E-state index is 12.1. The van der Waals surface area contributed by atoms with Gasteiger partial charge in [-0.15, -0.1) is 0 Å². The number of fused-ring (bicyclic) bond motifs is 1. The Labute approximate surface area is 104 Å². The topological polar surface area (TPSA) is 70.8 Å². The molecular weight excluding hydrogens is 234 g/mol. The van der Waals surface area contributed by atoms with Gasteiger partial charge < -0.3 is 14.4 Å². The second kappa shape index (κ2) is 3.86. The fraction of sp³-hybridized carbons (Fsp3) is 0.538. The van der Waals surface area contributed by atoms with Crippen LogP contribution >= 0.6 is 0 Å². The summed E-state index contributed by atoms with van der Waals surface area (Å²) in [4.78, 5) is 25.3. The van der Waals surface area contributed by atoms with E-state index in [0.717, 1.165) is 12.8 Å². The first-order valence-corrected chi connectivity index (χ1v) is 6.20. The van der Waals surface area contributed by atoms with E-state index in [1.807, 2.05) is 0 Å². The third kappa shape index (κ3) is 1.46. The predicted molar refractivity (Wildman–Crippen MR) is 62.0 cm³/mol. The van der Waals surface area contributed by atoms with Crippen LogP contribution in [-0.2, 0) is 4.79 Å². The maximum Gasteiger partial charge on any atom is 0.311 e. The molecule has 5 heteroatoms. The van der Waals surface area contributed by atoms with Gasteiger partial charge in [-0.05, 0) is 30.9 Å². The average Bonchev–Trinajstić information content (AvgIpc) is 3.03. The molecule has 1 aliphatic heterocycles. The lowest BCUT2D eigenvalue weighted by atomic mass is 9.81. The lowest BCUT2D eigenvalue weighted by Gasteiger charge is -2.22. The standard InChI is InChI=1S/C13H15NO4/c15-11(10-4-2-6-18-10)14-7-9-3-1-5-13(9,8-14)12(16)17/h2,4,6,9H,1,3,5,7-8H2,(H,16,17)/t9-,13+/m0/s1. The number of carboxylic acid groups (broad SMARTS) is 1. The summed E-state index contributed by atoms with van der Waals surface area (Å²) in [5.41, 5.74) is -0.720. The molecule has 0 spiro atoms. The number of aliphatic carboxylic acids is 1. The van der Waals surface area contributed by atoms with Crippen LogP contribution in [0.15, 0.2) is 22.8 Å². The molecule has 5 nitrogen and oxygen atoms in total. The van der Waals surface area contributed by atoms with Crippen molar-refractivity contribution < 1.29 is 19.1 Å². The number of carbonyl (C=O) groups is 2. The van der Waals surface area contributed by atoms with Crippen molar-refractivity contribution in [3.05, 3.63) is 24.2 Å². The van der Waals surface area contributed by atoms with Gasteiger partial charge in [0.25, 0.3) is 5.91 Å². The van der Waals surface area contributed by atoms with Crippen molar-refractivity contribution in [2.75, 3.05) is 13.1 Å². The van der Waals surface area contributed by atoms with E-state index >= 15 is 0 Å². The van der Waals surface area contributed by atoms with Gasteiger partial charge >= 0.3 is 5.97 Å². The maximum absolute atomic E-state index is 12.1. The van der Waals surface area contributed by atoms with Gasteiger partial charge in [-0.25, -0.2) is 0 Å². The van der Waals surface area contributed by atoms with Gasteiger partial charge in [0.1, 0.15) is 0 Å². The first kappa shape index (κ1) is 11.3. The van der Waals surface area contributed by atoms with Crippen molar-refractivity contribution in [3.63, 3.8) is 0 Å². The molecule has 0 bridgehead atoms. The van der Waals surface area contributed by atoms with Gasteiger partial charge in [0.15, 0.2) is 5.76 Å². The van der Waals surface area contributed by atoms with Crippen molar-refractivity contribution in [2.45, 2.75) is 19.3 Å². The second-order valence-electron chi connectivity index (χ2n) is 5.21. The molecule has 2 aliphatic rings. The number of carbonyl (C=O) groups excluding carboxylic acids is 1. The third-order valence-corrected chi connectivity index (χ3v) is 4.32. The Kier molecular flexibility index (Phi) is 2.43. The van der Waals surface area contributed by atoms with Crippen LogP contribution in [0.1, 0.15) is 29.8 Å². The van der Waals surface area contributed by atoms with Gasteiger partial charge in [-0.2, -0.15) is 0 Å². The molecule has 1 saturated heterocycles. The summed E-state index contributed by atoms with van der Waals surface area (Å²) in [6, 6.07) is 3.28. The highest BCUT2D eigenvalue weighted by Crippen LogP contribution is 2.49. The SMILES string of the molecule is O=C(c1ccco1)N1C[C@@H]2CCC[C@@]2(C(=O)O)C1. The zero-order chi connectivity index (χ0) is 12.8. The smallest absolute Gasteiger partial charge is 0.311 e. The van der Waals surface area contributed by atoms with Gasteiger partial charge in [-0.1, -0.05) is 6.42 Å². The molecule has 2 fully saturated rings. The van der Waals surface area contributed by atoms with Crippen LogP contribution in [-0.4, -0.2) is 35.0 Å². The summed E-state index contributed by atoms with van der Waals surface area (Å²) in [5, 5.41) is 9.44. The molecule has 0 unspecified atom stereocenters. The number of amides is 1. The van der Waals surface area contributed by atoms with E-state index in [0.29, 0.717) is 19.5 Å². The molecule has 3 rings (SSSR count). The fourth-order valence-corrected chi connectivity index (χ4v) is 3.35. The van der Waals surface area contributed by atoms with Crippen LogP contribution in [0, 0.1) is 11.3 Å². The first-order chi connectivity index (χ1) is 8.63. The van der Waals surface area contributed by atoms with Crippen LogP contribution in [0.25, 0.3) is 0 Å².